The summed E-state index contributed by atoms with van der Waals surface area (Å²) in [5.74, 6) is 0. The summed E-state index contributed by atoms with van der Waals surface area (Å²) in [6.07, 6.45) is 0. The lowest BCUT2D eigenvalue weighted by molar-refractivity contribution is 1.23. The van der Waals surface area contributed by atoms with Gasteiger partial charge in [-0.3, -0.25) is 0 Å². The third kappa shape index (κ3) is 1.28. The summed E-state index contributed by atoms with van der Waals surface area (Å²) in [7, 11) is 0. The summed E-state index contributed by atoms with van der Waals surface area (Å²) in [4.78, 5) is 1.38. The Kier molecular flexibility index (Phi) is 2.25. The molecule has 0 radical (unpaired) electrons. The third-order valence-corrected chi connectivity index (χ3v) is 2.17. The summed E-state index contributed by atoms with van der Waals surface area (Å²) in [6, 6.07) is 7.30. The van der Waals surface area contributed by atoms with Crippen LogP contribution < -0.4 is 0 Å². The van der Waals surface area contributed by atoms with Crippen molar-refractivity contribution in [3.05, 3.63) is 23.8 Å². The average molecular weight is 167 g/mol. The molecular formula is C7H5NS2. The Morgan fingerprint density at radius 3 is 2.50 bits per heavy atom. The van der Waals surface area contributed by atoms with Gasteiger partial charge in [0.15, 0.2) is 0 Å². The van der Waals surface area contributed by atoms with E-state index in [2.05, 4.69) is 25.3 Å². The molecule has 10 heavy (non-hydrogen) atoms. The Bertz CT molecular complexity index is 288. The molecule has 0 spiro atoms. The average Bonchev–Trinajstić information content (AvgIpc) is 1.95. The van der Waals surface area contributed by atoms with Gasteiger partial charge in [0, 0.05) is 9.79 Å². The Morgan fingerprint density at radius 2 is 2.00 bits per heavy atom. The van der Waals surface area contributed by atoms with Crippen molar-refractivity contribution in [2.45, 2.75) is 9.79 Å². The maximum absolute atomic E-state index is 8.51. The molecule has 0 saturated carbocycles. The standard InChI is InChI=1S/C7H5NS2/c8-4-5-2-1-3-6(9)7(5)10/h1-3,9-10H. The first-order valence-corrected chi connectivity index (χ1v) is 3.56. The SMILES string of the molecule is N#Cc1cccc(S)c1S. The Balaban J connectivity index is 3.31. The fraction of sp³-hybridized carbons (Fsp3) is 0. The van der Waals surface area contributed by atoms with Crippen LogP contribution in [0.25, 0.3) is 0 Å². The molecule has 1 rings (SSSR count). The quantitative estimate of drug-likeness (QED) is 0.568. The molecule has 0 atom stereocenters. The topological polar surface area (TPSA) is 23.8 Å². The van der Waals surface area contributed by atoms with Crippen LogP contribution in [0, 0.1) is 11.3 Å². The van der Waals surface area contributed by atoms with Gasteiger partial charge in [0.05, 0.1) is 5.56 Å². The number of rotatable bonds is 0. The zero-order valence-corrected chi connectivity index (χ0v) is 6.86. The molecule has 0 unspecified atom stereocenters. The largest absolute Gasteiger partial charge is 0.192 e. The van der Waals surface area contributed by atoms with Crippen LogP contribution in [0.2, 0.25) is 0 Å². The van der Waals surface area contributed by atoms with Crippen molar-refractivity contribution >= 4 is 25.3 Å². The maximum atomic E-state index is 8.51. The molecule has 0 bridgehead atoms. The van der Waals surface area contributed by atoms with Gasteiger partial charge < -0.3 is 0 Å². The minimum absolute atomic E-state index is 0.566. The molecule has 3 heteroatoms. The van der Waals surface area contributed by atoms with Gasteiger partial charge in [-0.2, -0.15) is 5.26 Å². The van der Waals surface area contributed by atoms with Gasteiger partial charge in [0.1, 0.15) is 6.07 Å². The van der Waals surface area contributed by atoms with E-state index in [0.29, 0.717) is 10.5 Å². The first-order chi connectivity index (χ1) is 4.75. The van der Waals surface area contributed by atoms with E-state index in [1.165, 1.54) is 0 Å². The van der Waals surface area contributed by atoms with E-state index in [0.717, 1.165) is 4.90 Å². The molecule has 0 aliphatic carbocycles. The number of hydrogen-bond acceptors (Lipinski definition) is 3. The van der Waals surface area contributed by atoms with E-state index >= 15 is 0 Å². The molecule has 50 valence electrons. The lowest BCUT2D eigenvalue weighted by Crippen LogP contribution is -1.77. The van der Waals surface area contributed by atoms with Crippen molar-refractivity contribution in [3.8, 4) is 6.07 Å². The highest BCUT2D eigenvalue weighted by Crippen LogP contribution is 2.20. The third-order valence-electron chi connectivity index (χ3n) is 1.14. The molecule has 0 amide bonds. The molecule has 1 aromatic carbocycles. The van der Waals surface area contributed by atoms with Crippen LogP contribution in [0.5, 0.6) is 0 Å². The van der Waals surface area contributed by atoms with Gasteiger partial charge in [-0.1, -0.05) is 6.07 Å². The van der Waals surface area contributed by atoms with E-state index in [9.17, 15) is 0 Å². The van der Waals surface area contributed by atoms with Crippen molar-refractivity contribution in [1.29, 1.82) is 5.26 Å². The number of nitriles is 1. The van der Waals surface area contributed by atoms with Crippen LogP contribution >= 0.6 is 25.3 Å². The van der Waals surface area contributed by atoms with Gasteiger partial charge in [-0.25, -0.2) is 0 Å². The predicted molar refractivity (Wildman–Crippen MR) is 45.7 cm³/mol. The highest BCUT2D eigenvalue weighted by Gasteiger charge is 1.98. The summed E-state index contributed by atoms with van der Waals surface area (Å²) in [5.41, 5.74) is 0.566. The van der Waals surface area contributed by atoms with Crippen LogP contribution in [0.15, 0.2) is 28.0 Å². The monoisotopic (exact) mass is 167 g/mol. The van der Waals surface area contributed by atoms with Crippen LogP contribution in [0.4, 0.5) is 0 Å². The number of thiol groups is 2. The first kappa shape index (κ1) is 7.52. The summed E-state index contributed by atoms with van der Waals surface area (Å²) in [5, 5.41) is 8.51. The molecular weight excluding hydrogens is 162 g/mol. The molecule has 0 fully saturated rings. The van der Waals surface area contributed by atoms with Crippen molar-refractivity contribution in [2.24, 2.45) is 0 Å². The number of hydrogen-bond donors (Lipinski definition) is 2. The van der Waals surface area contributed by atoms with Crippen LogP contribution in [-0.4, -0.2) is 0 Å². The number of nitrogens with zero attached hydrogens (tertiary/aromatic N) is 1. The normalized spacial score (nSPS) is 8.90. The van der Waals surface area contributed by atoms with Crippen LogP contribution in [-0.2, 0) is 0 Å². The van der Waals surface area contributed by atoms with E-state index in [4.69, 9.17) is 5.26 Å². The van der Waals surface area contributed by atoms with Crippen molar-refractivity contribution < 1.29 is 0 Å². The lowest BCUT2D eigenvalue weighted by Gasteiger charge is -1.96. The molecule has 0 aromatic heterocycles. The van der Waals surface area contributed by atoms with Gasteiger partial charge >= 0.3 is 0 Å². The second kappa shape index (κ2) is 3.00. The smallest absolute Gasteiger partial charge is 0.100 e. The minimum atomic E-state index is 0.566. The molecule has 0 N–H and O–H groups in total. The maximum Gasteiger partial charge on any atom is 0.100 e. The van der Waals surface area contributed by atoms with Crippen LogP contribution in [0.3, 0.4) is 0 Å². The van der Waals surface area contributed by atoms with Crippen molar-refractivity contribution in [3.63, 3.8) is 0 Å². The minimum Gasteiger partial charge on any atom is -0.192 e. The van der Waals surface area contributed by atoms with Gasteiger partial charge in [-0.05, 0) is 12.1 Å². The Morgan fingerprint density at radius 1 is 1.30 bits per heavy atom. The zero-order valence-electron chi connectivity index (χ0n) is 5.07. The molecule has 1 aromatic rings. The van der Waals surface area contributed by atoms with Crippen molar-refractivity contribution in [2.75, 3.05) is 0 Å². The van der Waals surface area contributed by atoms with E-state index in [1.54, 1.807) is 18.2 Å². The van der Waals surface area contributed by atoms with Crippen LogP contribution in [0.1, 0.15) is 5.56 Å². The highest BCUT2D eigenvalue weighted by molar-refractivity contribution is 7.83. The fourth-order valence-electron chi connectivity index (χ4n) is 0.622. The Labute approximate surface area is 70.5 Å². The van der Waals surface area contributed by atoms with Gasteiger partial charge in [-0.15, -0.1) is 25.3 Å². The van der Waals surface area contributed by atoms with E-state index in [-0.39, 0.29) is 0 Å². The van der Waals surface area contributed by atoms with Crippen molar-refractivity contribution in [1.82, 2.24) is 0 Å². The Hall–Kier alpha value is -0.590. The van der Waals surface area contributed by atoms with E-state index < -0.39 is 0 Å². The van der Waals surface area contributed by atoms with Gasteiger partial charge in [0.2, 0.25) is 0 Å². The second-order valence-corrected chi connectivity index (χ2v) is 2.71. The summed E-state index contributed by atoms with van der Waals surface area (Å²) in [6.45, 7) is 0. The molecule has 0 aliphatic rings. The van der Waals surface area contributed by atoms with Gasteiger partial charge in [0.25, 0.3) is 0 Å². The van der Waals surface area contributed by atoms with E-state index in [1.807, 2.05) is 6.07 Å². The fourth-order valence-corrected chi connectivity index (χ4v) is 1.03. The number of benzene rings is 1. The lowest BCUT2D eigenvalue weighted by atomic mass is 10.2. The summed E-state index contributed by atoms with van der Waals surface area (Å²) >= 11 is 8.19. The molecule has 0 aliphatic heterocycles. The molecule has 0 saturated heterocycles. The second-order valence-electron chi connectivity index (χ2n) is 1.79. The predicted octanol–water partition coefficient (Wildman–Crippen LogP) is 2.14. The molecule has 1 nitrogen and oxygen atoms in total. The summed E-state index contributed by atoms with van der Waals surface area (Å²) < 4.78 is 0. The first-order valence-electron chi connectivity index (χ1n) is 2.66. The highest BCUT2D eigenvalue weighted by atomic mass is 32.1. The molecule has 0 heterocycles. The zero-order chi connectivity index (χ0) is 7.56.